The second kappa shape index (κ2) is 8.41. The fourth-order valence-electron chi connectivity index (χ4n) is 3.16. The van der Waals surface area contributed by atoms with Crippen LogP contribution in [-0.4, -0.2) is 0 Å². The minimum atomic E-state index is -0.360. The van der Waals surface area contributed by atoms with Gasteiger partial charge >= 0.3 is 0 Å². The van der Waals surface area contributed by atoms with Crippen LogP contribution < -0.4 is 4.74 Å². The molecule has 140 valence electrons. The van der Waals surface area contributed by atoms with E-state index in [0.717, 1.165) is 16.9 Å². The zero-order valence-corrected chi connectivity index (χ0v) is 15.7. The van der Waals surface area contributed by atoms with Crippen molar-refractivity contribution in [3.05, 3.63) is 114 Å². The van der Waals surface area contributed by atoms with Crippen molar-refractivity contribution in [2.75, 3.05) is 0 Å². The Kier molecular flexibility index (Phi) is 5.36. The molecule has 0 fully saturated rings. The van der Waals surface area contributed by atoms with Gasteiger partial charge in [-0.25, -0.2) is 4.39 Å². The fraction of sp³-hybridized carbons (Fsp3) is 0.0385. The van der Waals surface area contributed by atoms with Gasteiger partial charge in [-0.3, -0.25) is 0 Å². The van der Waals surface area contributed by atoms with Gasteiger partial charge in [-0.15, -0.1) is 0 Å². The quantitative estimate of drug-likeness (QED) is 0.288. The molecule has 4 aromatic carbocycles. The van der Waals surface area contributed by atoms with Gasteiger partial charge in [0.25, 0.3) is 0 Å². The molecule has 4 aromatic rings. The highest BCUT2D eigenvalue weighted by molar-refractivity contribution is 5.89. The molecule has 2 nitrogen and oxygen atoms in total. The lowest BCUT2D eigenvalue weighted by Crippen LogP contribution is -1.95. The summed E-state index contributed by atoms with van der Waals surface area (Å²) < 4.78 is 19.3. The average molecular weight is 379 g/mol. The Morgan fingerprint density at radius 2 is 1.66 bits per heavy atom. The van der Waals surface area contributed by atoms with E-state index in [9.17, 15) is 9.65 Å². The van der Waals surface area contributed by atoms with E-state index in [1.165, 1.54) is 22.9 Å². The molecule has 0 saturated carbocycles. The zero-order valence-electron chi connectivity index (χ0n) is 15.7. The highest BCUT2D eigenvalue weighted by atomic mass is 19.1. The highest BCUT2D eigenvalue weighted by Gasteiger charge is 2.03. The van der Waals surface area contributed by atoms with Crippen LogP contribution >= 0.6 is 0 Å². The van der Waals surface area contributed by atoms with E-state index in [1.807, 2.05) is 36.4 Å². The standard InChI is InChI=1S/C26H18FNO/c27-25-7-3-6-23(16-25)24(17-28)14-19-9-12-26(13-10-19)29-18-20-8-11-21-4-1-2-5-22(21)15-20/h1-16H,18H2/b24-14-. The van der Waals surface area contributed by atoms with Crippen molar-refractivity contribution < 1.29 is 9.13 Å². The minimum absolute atomic E-state index is 0.360. The Hall–Kier alpha value is -3.90. The van der Waals surface area contributed by atoms with Gasteiger partial charge < -0.3 is 4.74 Å². The number of benzene rings is 4. The molecule has 4 rings (SSSR count). The summed E-state index contributed by atoms with van der Waals surface area (Å²) in [4.78, 5) is 0. The number of ether oxygens (including phenoxy) is 1. The largest absolute Gasteiger partial charge is 0.489 e. The monoisotopic (exact) mass is 379 g/mol. The van der Waals surface area contributed by atoms with Crippen molar-refractivity contribution in [3.63, 3.8) is 0 Å². The molecule has 0 aliphatic heterocycles. The molecule has 3 heteroatoms. The van der Waals surface area contributed by atoms with Crippen LogP contribution in [0.15, 0.2) is 91.0 Å². The molecule has 0 heterocycles. The van der Waals surface area contributed by atoms with Gasteiger partial charge in [0.15, 0.2) is 0 Å². The zero-order chi connectivity index (χ0) is 20.1. The molecule has 0 N–H and O–H groups in total. The number of nitriles is 1. The van der Waals surface area contributed by atoms with E-state index in [-0.39, 0.29) is 5.82 Å². The van der Waals surface area contributed by atoms with E-state index in [2.05, 4.69) is 36.4 Å². The van der Waals surface area contributed by atoms with Crippen LogP contribution in [0.1, 0.15) is 16.7 Å². The first kappa shape index (κ1) is 18.5. The SMILES string of the molecule is N#C/C(=C/c1ccc(OCc2ccc3ccccc3c2)cc1)c1cccc(F)c1. The lowest BCUT2D eigenvalue weighted by atomic mass is 10.0. The summed E-state index contributed by atoms with van der Waals surface area (Å²) in [6.45, 7) is 0.479. The Bertz CT molecular complexity index is 1220. The predicted octanol–water partition coefficient (Wildman–Crippen LogP) is 6.62. The second-order valence-electron chi connectivity index (χ2n) is 6.72. The van der Waals surface area contributed by atoms with Gasteiger partial charge in [0.1, 0.15) is 18.2 Å². The number of hydrogen-bond donors (Lipinski definition) is 0. The maximum absolute atomic E-state index is 13.4. The lowest BCUT2D eigenvalue weighted by Gasteiger charge is -2.08. The van der Waals surface area contributed by atoms with Crippen molar-refractivity contribution >= 4 is 22.4 Å². The molecule has 0 spiro atoms. The van der Waals surface area contributed by atoms with Gasteiger partial charge in [-0.2, -0.15) is 5.26 Å². The summed E-state index contributed by atoms with van der Waals surface area (Å²) in [5, 5.41) is 11.8. The van der Waals surface area contributed by atoms with E-state index in [1.54, 1.807) is 18.2 Å². The molecule has 0 saturated heterocycles. The van der Waals surface area contributed by atoms with Crippen molar-refractivity contribution in [3.8, 4) is 11.8 Å². The third kappa shape index (κ3) is 4.51. The maximum atomic E-state index is 13.4. The van der Waals surface area contributed by atoms with E-state index in [0.29, 0.717) is 17.7 Å². The Labute approximate surface area is 169 Å². The summed E-state index contributed by atoms with van der Waals surface area (Å²) in [6.07, 6.45) is 1.74. The highest BCUT2D eigenvalue weighted by Crippen LogP contribution is 2.22. The Morgan fingerprint density at radius 3 is 2.41 bits per heavy atom. The third-order valence-corrected chi connectivity index (χ3v) is 4.67. The smallest absolute Gasteiger partial charge is 0.123 e. The van der Waals surface area contributed by atoms with Crippen molar-refractivity contribution in [1.82, 2.24) is 0 Å². The van der Waals surface area contributed by atoms with Crippen LogP contribution in [0.5, 0.6) is 5.75 Å². The van der Waals surface area contributed by atoms with Crippen LogP contribution in [-0.2, 0) is 6.61 Å². The molecule has 0 atom stereocenters. The first-order valence-corrected chi connectivity index (χ1v) is 9.29. The summed E-state index contributed by atoms with van der Waals surface area (Å²) in [6, 6.07) is 30.2. The Morgan fingerprint density at radius 1 is 0.862 bits per heavy atom. The number of rotatable bonds is 5. The van der Waals surface area contributed by atoms with Crippen molar-refractivity contribution in [2.24, 2.45) is 0 Å². The number of allylic oxidation sites excluding steroid dienone is 1. The molecular formula is C26H18FNO. The van der Waals surface area contributed by atoms with Crippen LogP contribution in [0.25, 0.3) is 22.4 Å². The molecule has 0 aliphatic carbocycles. The van der Waals surface area contributed by atoms with Gasteiger partial charge in [-0.1, -0.05) is 60.7 Å². The maximum Gasteiger partial charge on any atom is 0.123 e. The van der Waals surface area contributed by atoms with Gasteiger partial charge in [0, 0.05) is 0 Å². The van der Waals surface area contributed by atoms with Gasteiger partial charge in [0.05, 0.1) is 11.6 Å². The van der Waals surface area contributed by atoms with E-state index < -0.39 is 0 Å². The molecule has 0 aliphatic rings. The molecule has 0 aromatic heterocycles. The first-order chi connectivity index (χ1) is 14.2. The molecular weight excluding hydrogens is 361 g/mol. The van der Waals surface area contributed by atoms with E-state index >= 15 is 0 Å². The molecule has 0 bridgehead atoms. The number of halogens is 1. The normalized spacial score (nSPS) is 11.2. The minimum Gasteiger partial charge on any atom is -0.489 e. The molecule has 0 amide bonds. The third-order valence-electron chi connectivity index (χ3n) is 4.67. The number of nitrogens with zero attached hydrogens (tertiary/aromatic N) is 1. The predicted molar refractivity (Wildman–Crippen MR) is 115 cm³/mol. The first-order valence-electron chi connectivity index (χ1n) is 9.29. The summed E-state index contributed by atoms with van der Waals surface area (Å²) in [5.74, 6) is 0.390. The average Bonchev–Trinajstić information content (AvgIpc) is 2.76. The molecule has 29 heavy (non-hydrogen) atoms. The number of hydrogen-bond acceptors (Lipinski definition) is 2. The van der Waals surface area contributed by atoms with E-state index in [4.69, 9.17) is 4.74 Å². The molecule has 0 unspecified atom stereocenters. The van der Waals surface area contributed by atoms with Crippen LogP contribution in [0, 0.1) is 17.1 Å². The van der Waals surface area contributed by atoms with Crippen LogP contribution in [0.2, 0.25) is 0 Å². The van der Waals surface area contributed by atoms with Gasteiger partial charge in [0.2, 0.25) is 0 Å². The summed E-state index contributed by atoms with van der Waals surface area (Å²) in [7, 11) is 0. The lowest BCUT2D eigenvalue weighted by molar-refractivity contribution is 0.306. The fourth-order valence-corrected chi connectivity index (χ4v) is 3.16. The number of fused-ring (bicyclic) bond motifs is 1. The molecule has 0 radical (unpaired) electrons. The van der Waals surface area contributed by atoms with Gasteiger partial charge in [-0.05, 0) is 63.9 Å². The Balaban J connectivity index is 1.46. The van der Waals surface area contributed by atoms with Crippen LogP contribution in [0.4, 0.5) is 4.39 Å². The topological polar surface area (TPSA) is 33.0 Å². The summed E-state index contributed by atoms with van der Waals surface area (Å²) >= 11 is 0. The summed E-state index contributed by atoms with van der Waals surface area (Å²) in [5.41, 5.74) is 2.92. The second-order valence-corrected chi connectivity index (χ2v) is 6.72. The van der Waals surface area contributed by atoms with Crippen molar-refractivity contribution in [2.45, 2.75) is 6.61 Å². The van der Waals surface area contributed by atoms with Crippen LogP contribution in [0.3, 0.4) is 0 Å². The van der Waals surface area contributed by atoms with Crippen molar-refractivity contribution in [1.29, 1.82) is 5.26 Å².